The molecule has 1 amide bonds. The number of fused-ring (bicyclic) bond motifs is 1. The molecule has 3 aromatic rings. The number of nitrogens with one attached hydrogen (secondary N) is 1. The summed E-state index contributed by atoms with van der Waals surface area (Å²) in [6.07, 6.45) is 1.62. The summed E-state index contributed by atoms with van der Waals surface area (Å²) < 4.78 is 5.48. The Kier molecular flexibility index (Phi) is 3.94. The lowest BCUT2D eigenvalue weighted by Crippen LogP contribution is -2.23. The predicted molar refractivity (Wildman–Crippen MR) is 85.8 cm³/mol. The summed E-state index contributed by atoms with van der Waals surface area (Å²) in [4.78, 5) is 12.5. The molecule has 2 aromatic carbocycles. The fourth-order valence-corrected chi connectivity index (χ4v) is 2.60. The van der Waals surface area contributed by atoms with Crippen molar-refractivity contribution in [2.24, 2.45) is 0 Å². The van der Waals surface area contributed by atoms with Gasteiger partial charge in [0.1, 0.15) is 6.26 Å². The molecule has 0 aliphatic heterocycles. The Bertz CT molecular complexity index is 792. The number of aliphatic hydroxyl groups is 1. The van der Waals surface area contributed by atoms with E-state index in [0.29, 0.717) is 5.88 Å². The van der Waals surface area contributed by atoms with Crippen LogP contribution in [-0.4, -0.2) is 17.6 Å². The number of carbonyl (C=O) groups excluding carboxylic acids is 1. The van der Waals surface area contributed by atoms with Gasteiger partial charge in [0.25, 0.3) is 0 Å². The van der Waals surface area contributed by atoms with Crippen molar-refractivity contribution < 1.29 is 14.3 Å². The molecule has 0 saturated carbocycles. The molecule has 0 aliphatic carbocycles. The van der Waals surface area contributed by atoms with Crippen LogP contribution in [0, 0.1) is 6.92 Å². The average Bonchev–Trinajstić information content (AvgIpc) is 2.93. The number of aliphatic hydroxyl groups excluding tert-OH is 1. The lowest BCUT2D eigenvalue weighted by Gasteiger charge is -2.14. The summed E-state index contributed by atoms with van der Waals surface area (Å²) in [6.45, 7) is 1.71. The largest absolute Gasteiger partial charge is 0.447 e. The molecule has 0 spiro atoms. The van der Waals surface area contributed by atoms with E-state index < -0.39 is 5.92 Å². The number of amides is 1. The van der Waals surface area contributed by atoms with Crippen molar-refractivity contribution in [3.8, 4) is 0 Å². The van der Waals surface area contributed by atoms with Crippen molar-refractivity contribution in [3.05, 3.63) is 65.9 Å². The van der Waals surface area contributed by atoms with E-state index in [9.17, 15) is 9.90 Å². The second-order valence-electron chi connectivity index (χ2n) is 5.24. The molecule has 4 nitrogen and oxygen atoms in total. The summed E-state index contributed by atoms with van der Waals surface area (Å²) in [7, 11) is 0. The molecule has 1 aromatic heterocycles. The first kappa shape index (κ1) is 14.4. The summed E-state index contributed by atoms with van der Waals surface area (Å²) >= 11 is 0. The second-order valence-corrected chi connectivity index (χ2v) is 5.24. The molecule has 0 fully saturated rings. The van der Waals surface area contributed by atoms with Crippen LogP contribution in [0.25, 0.3) is 10.8 Å². The molecule has 1 atom stereocenters. The molecule has 3 rings (SSSR count). The first-order valence-corrected chi connectivity index (χ1v) is 7.14. The van der Waals surface area contributed by atoms with E-state index in [0.717, 1.165) is 21.9 Å². The molecule has 0 saturated heterocycles. The second kappa shape index (κ2) is 6.03. The van der Waals surface area contributed by atoms with E-state index in [4.69, 9.17) is 4.42 Å². The molecule has 1 heterocycles. The van der Waals surface area contributed by atoms with E-state index in [1.54, 1.807) is 6.26 Å². The van der Waals surface area contributed by atoms with Gasteiger partial charge in [-0.15, -0.1) is 0 Å². The van der Waals surface area contributed by atoms with Crippen LogP contribution in [0.5, 0.6) is 0 Å². The zero-order chi connectivity index (χ0) is 15.5. The minimum Gasteiger partial charge on any atom is -0.447 e. The Morgan fingerprint density at radius 1 is 1.18 bits per heavy atom. The smallest absolute Gasteiger partial charge is 0.236 e. The van der Waals surface area contributed by atoms with Gasteiger partial charge in [-0.1, -0.05) is 48.5 Å². The topological polar surface area (TPSA) is 62.5 Å². The van der Waals surface area contributed by atoms with Crippen LogP contribution in [0.2, 0.25) is 0 Å². The predicted octanol–water partition coefficient (Wildman–Crippen LogP) is 3.46. The van der Waals surface area contributed by atoms with E-state index in [1.807, 2.05) is 55.5 Å². The van der Waals surface area contributed by atoms with Crippen molar-refractivity contribution in [2.45, 2.75) is 12.8 Å². The molecule has 4 heteroatoms. The third kappa shape index (κ3) is 2.61. The minimum atomic E-state index is -0.620. The third-order valence-corrected chi connectivity index (χ3v) is 3.77. The summed E-state index contributed by atoms with van der Waals surface area (Å²) in [5.74, 6) is -0.481. The number of hydrogen-bond acceptors (Lipinski definition) is 3. The summed E-state index contributed by atoms with van der Waals surface area (Å²) in [5.41, 5.74) is 1.80. The van der Waals surface area contributed by atoms with E-state index in [1.165, 1.54) is 0 Å². The molecule has 0 radical (unpaired) electrons. The lowest BCUT2D eigenvalue weighted by molar-refractivity contribution is -0.118. The Balaban J connectivity index is 1.89. The van der Waals surface area contributed by atoms with Crippen LogP contribution in [0.1, 0.15) is 17.0 Å². The molecule has 0 bridgehead atoms. The number of rotatable bonds is 4. The SMILES string of the molecule is Cc1cccc2coc(NC(=O)[C@H](CO)c3ccccc3)c12. The Hall–Kier alpha value is -2.59. The summed E-state index contributed by atoms with van der Waals surface area (Å²) in [5, 5.41) is 14.2. The Morgan fingerprint density at radius 2 is 1.95 bits per heavy atom. The molecule has 112 valence electrons. The zero-order valence-electron chi connectivity index (χ0n) is 12.2. The quantitative estimate of drug-likeness (QED) is 0.775. The zero-order valence-corrected chi connectivity index (χ0v) is 12.2. The molecular weight excluding hydrogens is 278 g/mol. The van der Waals surface area contributed by atoms with Gasteiger partial charge in [-0.2, -0.15) is 0 Å². The summed E-state index contributed by atoms with van der Waals surface area (Å²) in [6, 6.07) is 15.1. The normalized spacial score (nSPS) is 12.3. The fraction of sp³-hybridized carbons (Fsp3) is 0.167. The van der Waals surface area contributed by atoms with Crippen LogP contribution >= 0.6 is 0 Å². The van der Waals surface area contributed by atoms with Crippen LogP contribution < -0.4 is 5.32 Å². The van der Waals surface area contributed by atoms with Gasteiger partial charge in [-0.3, -0.25) is 10.1 Å². The van der Waals surface area contributed by atoms with Gasteiger partial charge < -0.3 is 9.52 Å². The van der Waals surface area contributed by atoms with Crippen molar-refractivity contribution >= 4 is 22.6 Å². The molecule has 22 heavy (non-hydrogen) atoms. The van der Waals surface area contributed by atoms with Crippen LogP contribution in [0.4, 0.5) is 5.88 Å². The van der Waals surface area contributed by atoms with Gasteiger partial charge in [0, 0.05) is 10.8 Å². The monoisotopic (exact) mass is 295 g/mol. The van der Waals surface area contributed by atoms with E-state index >= 15 is 0 Å². The molecule has 2 N–H and O–H groups in total. The highest BCUT2D eigenvalue weighted by Gasteiger charge is 2.21. The minimum absolute atomic E-state index is 0.256. The van der Waals surface area contributed by atoms with Gasteiger partial charge in [0.2, 0.25) is 11.8 Å². The molecule has 0 aliphatic rings. The van der Waals surface area contributed by atoms with Crippen molar-refractivity contribution in [3.63, 3.8) is 0 Å². The van der Waals surface area contributed by atoms with Crippen LogP contribution in [-0.2, 0) is 4.79 Å². The maximum Gasteiger partial charge on any atom is 0.236 e. The van der Waals surface area contributed by atoms with Gasteiger partial charge >= 0.3 is 0 Å². The van der Waals surface area contributed by atoms with Crippen LogP contribution in [0.3, 0.4) is 0 Å². The fourth-order valence-electron chi connectivity index (χ4n) is 2.60. The average molecular weight is 295 g/mol. The number of aryl methyl sites for hydroxylation is 1. The van der Waals surface area contributed by atoms with Crippen molar-refractivity contribution in [1.29, 1.82) is 0 Å². The van der Waals surface area contributed by atoms with Gasteiger partial charge in [0.15, 0.2) is 0 Å². The Morgan fingerprint density at radius 3 is 2.68 bits per heavy atom. The van der Waals surface area contributed by atoms with Crippen molar-refractivity contribution in [2.75, 3.05) is 11.9 Å². The van der Waals surface area contributed by atoms with Gasteiger partial charge in [-0.05, 0) is 18.1 Å². The van der Waals surface area contributed by atoms with Crippen LogP contribution in [0.15, 0.2) is 59.2 Å². The molecular formula is C18H17NO3. The first-order valence-electron chi connectivity index (χ1n) is 7.14. The third-order valence-electron chi connectivity index (χ3n) is 3.77. The number of anilines is 1. The van der Waals surface area contributed by atoms with E-state index in [-0.39, 0.29) is 12.5 Å². The highest BCUT2D eigenvalue weighted by molar-refractivity contribution is 6.03. The number of furan rings is 1. The molecule has 0 unspecified atom stereocenters. The maximum absolute atomic E-state index is 12.5. The van der Waals surface area contributed by atoms with Crippen molar-refractivity contribution in [1.82, 2.24) is 0 Å². The highest BCUT2D eigenvalue weighted by atomic mass is 16.3. The first-order chi connectivity index (χ1) is 10.7. The maximum atomic E-state index is 12.5. The number of benzene rings is 2. The van der Waals surface area contributed by atoms with E-state index in [2.05, 4.69) is 5.32 Å². The van der Waals surface area contributed by atoms with Gasteiger partial charge in [-0.25, -0.2) is 0 Å². The number of hydrogen-bond donors (Lipinski definition) is 2. The lowest BCUT2D eigenvalue weighted by atomic mass is 9.99. The number of carbonyl (C=O) groups is 1. The highest BCUT2D eigenvalue weighted by Crippen LogP contribution is 2.29. The van der Waals surface area contributed by atoms with Gasteiger partial charge in [0.05, 0.1) is 12.5 Å². The Labute approximate surface area is 128 Å². The standard InChI is InChI=1S/C18H17NO3/c1-12-6-5-9-14-11-22-18(16(12)14)19-17(21)15(10-20)13-7-3-2-4-8-13/h2-9,11,15,20H,10H2,1H3,(H,19,21)/t15-/m1/s1.